The van der Waals surface area contributed by atoms with Crippen molar-refractivity contribution in [2.45, 2.75) is 46.0 Å². The van der Waals surface area contributed by atoms with E-state index in [9.17, 15) is 0 Å². The summed E-state index contributed by atoms with van der Waals surface area (Å²) in [6, 6.07) is 0. The zero-order chi connectivity index (χ0) is 15.8. The third kappa shape index (κ3) is 14.3. The van der Waals surface area contributed by atoms with Gasteiger partial charge in [-0.15, -0.1) is 0 Å². The molecule has 0 aromatic rings. The fourth-order valence-corrected chi connectivity index (χ4v) is 1.48. The quantitative estimate of drug-likeness (QED) is 0.698. The van der Waals surface area contributed by atoms with Crippen LogP contribution in [0.2, 0.25) is 0 Å². The predicted molar refractivity (Wildman–Crippen MR) is 93.7 cm³/mol. The van der Waals surface area contributed by atoms with Crippen molar-refractivity contribution in [3.05, 3.63) is 47.9 Å². The molecular weight excluding hydrogens is 260 g/mol. The summed E-state index contributed by atoms with van der Waals surface area (Å²) in [5, 5.41) is 3.69. The van der Waals surface area contributed by atoms with Crippen LogP contribution in [0, 0.1) is 0 Å². The zero-order valence-electron chi connectivity index (χ0n) is 13.4. The van der Waals surface area contributed by atoms with Crippen molar-refractivity contribution in [1.82, 2.24) is 5.43 Å². The van der Waals surface area contributed by atoms with Gasteiger partial charge in [0.1, 0.15) is 0 Å². The fraction of sp³-hybridized carbons (Fsp3) is 0.471. The van der Waals surface area contributed by atoms with E-state index in [0.29, 0.717) is 0 Å². The van der Waals surface area contributed by atoms with Gasteiger partial charge in [0.25, 0.3) is 0 Å². The van der Waals surface area contributed by atoms with Gasteiger partial charge in [-0.2, -0.15) is 5.10 Å². The molecule has 21 heavy (non-hydrogen) atoms. The molecule has 1 aliphatic carbocycles. The average molecular weight is 290 g/mol. The molecule has 2 aliphatic rings. The Morgan fingerprint density at radius 3 is 2.29 bits per heavy atom. The van der Waals surface area contributed by atoms with Crippen molar-refractivity contribution in [2.24, 2.45) is 16.6 Å². The summed E-state index contributed by atoms with van der Waals surface area (Å²) in [7, 11) is 0. The summed E-state index contributed by atoms with van der Waals surface area (Å²) in [5.74, 6) is 0. The Kier molecular flexibility index (Phi) is 13.1. The minimum absolute atomic E-state index is 0.735. The van der Waals surface area contributed by atoms with E-state index in [1.165, 1.54) is 25.7 Å². The van der Waals surface area contributed by atoms with Crippen molar-refractivity contribution in [1.29, 1.82) is 0 Å². The van der Waals surface area contributed by atoms with E-state index in [1.54, 1.807) is 6.21 Å². The summed E-state index contributed by atoms with van der Waals surface area (Å²) in [6.45, 7) is 5.22. The lowest BCUT2D eigenvalue weighted by molar-refractivity contribution is 0.702. The van der Waals surface area contributed by atoms with E-state index >= 15 is 0 Å². The van der Waals surface area contributed by atoms with Crippen LogP contribution in [0.5, 0.6) is 0 Å². The molecule has 1 aliphatic heterocycles. The second kappa shape index (κ2) is 14.4. The van der Waals surface area contributed by atoms with Crippen LogP contribution in [-0.2, 0) is 0 Å². The van der Waals surface area contributed by atoms with Gasteiger partial charge in [0.05, 0.1) is 12.8 Å². The maximum absolute atomic E-state index is 5.49. The molecule has 0 saturated heterocycles. The minimum Gasteiger partial charge on any atom is -0.402 e. The van der Waals surface area contributed by atoms with Gasteiger partial charge in [-0.05, 0) is 12.2 Å². The minimum atomic E-state index is 0.735. The highest BCUT2D eigenvalue weighted by atomic mass is 15.3. The lowest BCUT2D eigenvalue weighted by atomic mass is 10.2. The average Bonchev–Trinajstić information content (AvgIpc) is 2.75. The highest BCUT2D eigenvalue weighted by molar-refractivity contribution is 5.77. The third-order valence-corrected chi connectivity index (χ3v) is 2.71. The molecule has 0 spiro atoms. The Balaban J connectivity index is 0.000000290. The van der Waals surface area contributed by atoms with E-state index in [0.717, 1.165) is 24.4 Å². The number of nitrogens with zero attached hydrogens (tertiary/aromatic N) is 1. The first-order valence-electron chi connectivity index (χ1n) is 7.70. The largest absolute Gasteiger partial charge is 0.402 e. The highest BCUT2D eigenvalue weighted by Gasteiger charge is 1.86. The number of allylic oxidation sites excluding steroid dienone is 6. The van der Waals surface area contributed by atoms with Gasteiger partial charge >= 0.3 is 0 Å². The van der Waals surface area contributed by atoms with Crippen LogP contribution in [-0.4, -0.2) is 12.8 Å². The Morgan fingerprint density at radius 1 is 1.10 bits per heavy atom. The van der Waals surface area contributed by atoms with Gasteiger partial charge in [0, 0.05) is 17.8 Å². The van der Waals surface area contributed by atoms with Crippen LogP contribution >= 0.6 is 0 Å². The van der Waals surface area contributed by atoms with E-state index in [1.807, 2.05) is 36.5 Å². The first-order valence-corrected chi connectivity index (χ1v) is 7.70. The van der Waals surface area contributed by atoms with Crippen LogP contribution in [0.3, 0.4) is 0 Å². The van der Waals surface area contributed by atoms with Crippen LogP contribution in [0.1, 0.15) is 46.0 Å². The van der Waals surface area contributed by atoms with Crippen LogP contribution in [0.4, 0.5) is 0 Å². The second-order valence-corrected chi connectivity index (χ2v) is 4.79. The Bertz CT molecular complexity index is 386. The van der Waals surface area contributed by atoms with Crippen molar-refractivity contribution < 1.29 is 0 Å². The highest BCUT2D eigenvalue weighted by Crippen LogP contribution is 1.98. The molecular formula is C17H30N4. The Labute approximate surface area is 129 Å². The number of hydrogen-bond donors (Lipinski definition) is 3. The standard InChI is InChI=1S/C7H9N.C6H14.C4H7N3/c8-7-5-3-1-2-4-6-7;1-3-5-6-4-2;5-4-1-2-6-7-3-4/h1-5H,6,8H2;3-6H2,1-2H3;1,3,6H,2,5H2. The molecule has 0 bridgehead atoms. The maximum Gasteiger partial charge on any atom is 0.0695 e. The van der Waals surface area contributed by atoms with Gasteiger partial charge in [-0.1, -0.05) is 63.8 Å². The number of hydrogen-bond acceptors (Lipinski definition) is 4. The number of nitrogens with one attached hydrogen (secondary N) is 1. The molecule has 0 fully saturated rings. The molecule has 4 heteroatoms. The second-order valence-electron chi connectivity index (χ2n) is 4.79. The first-order chi connectivity index (χ1) is 10.2. The first kappa shape index (κ1) is 19.0. The Hall–Kier alpha value is -1.97. The number of unbranched alkanes of at least 4 members (excludes halogenated alkanes) is 3. The normalized spacial score (nSPS) is 15.3. The van der Waals surface area contributed by atoms with Gasteiger partial charge in [-0.3, -0.25) is 0 Å². The van der Waals surface area contributed by atoms with Gasteiger partial charge in [-0.25, -0.2) is 0 Å². The SMILES string of the molecule is CCCCCC.NC1=CC=CC=CC1.NC1=CCNN=C1. The molecule has 0 unspecified atom stereocenters. The topological polar surface area (TPSA) is 76.4 Å². The lowest BCUT2D eigenvalue weighted by Gasteiger charge is -1.99. The molecule has 0 aromatic carbocycles. The maximum atomic E-state index is 5.49. The number of nitrogens with two attached hydrogens (primary N) is 2. The molecule has 2 rings (SSSR count). The third-order valence-electron chi connectivity index (χ3n) is 2.71. The van der Waals surface area contributed by atoms with E-state index in [-0.39, 0.29) is 0 Å². The molecule has 5 N–H and O–H groups in total. The van der Waals surface area contributed by atoms with Crippen LogP contribution < -0.4 is 16.9 Å². The van der Waals surface area contributed by atoms with Crippen molar-refractivity contribution in [3.63, 3.8) is 0 Å². The van der Waals surface area contributed by atoms with Gasteiger partial charge < -0.3 is 16.9 Å². The van der Waals surface area contributed by atoms with E-state index in [4.69, 9.17) is 11.5 Å². The van der Waals surface area contributed by atoms with Gasteiger partial charge in [0.15, 0.2) is 0 Å². The van der Waals surface area contributed by atoms with Crippen LogP contribution in [0.15, 0.2) is 53.0 Å². The fourth-order valence-electron chi connectivity index (χ4n) is 1.48. The van der Waals surface area contributed by atoms with E-state index in [2.05, 4.69) is 24.4 Å². The van der Waals surface area contributed by atoms with Crippen molar-refractivity contribution in [3.8, 4) is 0 Å². The molecule has 0 radical (unpaired) electrons. The molecule has 4 nitrogen and oxygen atoms in total. The van der Waals surface area contributed by atoms with Crippen molar-refractivity contribution >= 4 is 6.21 Å². The summed E-state index contributed by atoms with van der Waals surface area (Å²) in [6.07, 6.45) is 19.7. The molecule has 0 amide bonds. The summed E-state index contributed by atoms with van der Waals surface area (Å²) < 4.78 is 0. The number of hydrazone groups is 1. The monoisotopic (exact) mass is 290 g/mol. The molecule has 0 aromatic heterocycles. The smallest absolute Gasteiger partial charge is 0.0695 e. The summed E-state index contributed by atoms with van der Waals surface area (Å²) >= 11 is 0. The van der Waals surface area contributed by atoms with Crippen LogP contribution in [0.25, 0.3) is 0 Å². The molecule has 118 valence electrons. The van der Waals surface area contributed by atoms with Gasteiger partial charge in [0.2, 0.25) is 0 Å². The summed E-state index contributed by atoms with van der Waals surface area (Å²) in [4.78, 5) is 0. The lowest BCUT2D eigenvalue weighted by Crippen LogP contribution is -2.14. The zero-order valence-corrected chi connectivity index (χ0v) is 13.4. The number of rotatable bonds is 3. The van der Waals surface area contributed by atoms with Crippen molar-refractivity contribution in [2.75, 3.05) is 6.54 Å². The molecule has 0 saturated carbocycles. The molecule has 0 atom stereocenters. The molecule has 1 heterocycles. The predicted octanol–water partition coefficient (Wildman–Crippen LogP) is 3.35. The Morgan fingerprint density at radius 2 is 1.81 bits per heavy atom. The summed E-state index contributed by atoms with van der Waals surface area (Å²) in [5.41, 5.74) is 15.2. The van der Waals surface area contributed by atoms with E-state index < -0.39 is 0 Å².